The van der Waals surface area contributed by atoms with Crippen molar-refractivity contribution in [3.05, 3.63) is 28.8 Å². The Labute approximate surface area is 144 Å². The van der Waals surface area contributed by atoms with E-state index in [0.717, 1.165) is 31.6 Å². The number of nitrogens with zero attached hydrogens (tertiary/aromatic N) is 1. The number of halogens is 1. The van der Waals surface area contributed by atoms with Gasteiger partial charge in [-0.25, -0.2) is 0 Å². The molecule has 0 aromatic heterocycles. The zero-order chi connectivity index (χ0) is 17.0. The minimum atomic E-state index is -0.0783. The van der Waals surface area contributed by atoms with Crippen LogP contribution in [0.15, 0.2) is 18.2 Å². The highest BCUT2D eigenvalue weighted by Gasteiger charge is 2.20. The van der Waals surface area contributed by atoms with Gasteiger partial charge in [0.1, 0.15) is 0 Å². The lowest BCUT2D eigenvalue weighted by atomic mass is 10.0. The van der Waals surface area contributed by atoms with E-state index < -0.39 is 0 Å². The Morgan fingerprint density at radius 2 is 1.91 bits per heavy atom. The second-order valence-corrected chi connectivity index (χ2v) is 7.33. The molecule has 1 aliphatic rings. The van der Waals surface area contributed by atoms with Crippen LogP contribution in [0, 0.1) is 5.92 Å². The summed E-state index contributed by atoms with van der Waals surface area (Å²) < 4.78 is 0. The van der Waals surface area contributed by atoms with Crippen molar-refractivity contribution in [1.29, 1.82) is 0 Å². The molecule has 0 saturated carbocycles. The van der Waals surface area contributed by atoms with E-state index in [0.29, 0.717) is 22.5 Å². The molecule has 1 amide bonds. The third kappa shape index (κ3) is 5.11. The number of anilines is 1. The fourth-order valence-electron chi connectivity index (χ4n) is 2.63. The predicted octanol–water partition coefficient (Wildman–Crippen LogP) is 3.62. The molecule has 0 radical (unpaired) electrons. The highest BCUT2D eigenvalue weighted by molar-refractivity contribution is 6.34. The van der Waals surface area contributed by atoms with Crippen LogP contribution < -0.4 is 10.6 Å². The Bertz CT molecular complexity index is 539. The van der Waals surface area contributed by atoms with Crippen LogP contribution in [0.3, 0.4) is 0 Å². The minimum Gasteiger partial charge on any atom is -0.382 e. The molecule has 5 heteroatoms. The Morgan fingerprint density at radius 3 is 2.52 bits per heavy atom. The van der Waals surface area contributed by atoms with Gasteiger partial charge in [0.2, 0.25) is 0 Å². The first-order valence-electron chi connectivity index (χ1n) is 8.42. The summed E-state index contributed by atoms with van der Waals surface area (Å²) in [5.41, 5.74) is 1.48. The summed E-state index contributed by atoms with van der Waals surface area (Å²) in [4.78, 5) is 14.8. The van der Waals surface area contributed by atoms with Gasteiger partial charge in [0.25, 0.3) is 5.91 Å². The molecular formula is C18H28ClN3O. The topological polar surface area (TPSA) is 44.4 Å². The van der Waals surface area contributed by atoms with Crippen LogP contribution in [-0.4, -0.2) is 43.0 Å². The summed E-state index contributed by atoms with van der Waals surface area (Å²) >= 11 is 6.23. The van der Waals surface area contributed by atoms with Crippen molar-refractivity contribution in [3.63, 3.8) is 0 Å². The van der Waals surface area contributed by atoms with E-state index in [2.05, 4.69) is 43.4 Å². The summed E-state index contributed by atoms with van der Waals surface area (Å²) in [5, 5.41) is 7.05. The molecule has 2 N–H and O–H groups in total. The van der Waals surface area contributed by atoms with E-state index in [1.54, 1.807) is 6.07 Å². The van der Waals surface area contributed by atoms with E-state index in [4.69, 9.17) is 11.6 Å². The zero-order valence-electron chi connectivity index (χ0n) is 14.5. The van der Waals surface area contributed by atoms with Crippen molar-refractivity contribution in [2.45, 2.75) is 45.7 Å². The van der Waals surface area contributed by atoms with Crippen molar-refractivity contribution in [3.8, 4) is 0 Å². The maximum absolute atomic E-state index is 12.6. The standard InChI is InChI=1S/C18H28ClN3O/c1-12(2)13(3)20-15-5-6-17(19)16(11-15)18(23)21-14-7-9-22(4)10-8-14/h5-6,11-14,20H,7-10H2,1-4H3,(H,21,23)/t13-/m0/s1. The number of rotatable bonds is 5. The third-order valence-corrected chi connectivity index (χ3v) is 4.99. The lowest BCUT2D eigenvalue weighted by Gasteiger charge is -2.29. The van der Waals surface area contributed by atoms with E-state index in [9.17, 15) is 4.79 Å². The van der Waals surface area contributed by atoms with E-state index in [-0.39, 0.29) is 11.9 Å². The highest BCUT2D eigenvalue weighted by atomic mass is 35.5. The van der Waals surface area contributed by atoms with Crippen molar-refractivity contribution < 1.29 is 4.79 Å². The molecule has 0 unspecified atom stereocenters. The summed E-state index contributed by atoms with van der Waals surface area (Å²) in [5.74, 6) is 0.438. The zero-order valence-corrected chi connectivity index (χ0v) is 15.3. The Balaban J connectivity index is 2.04. The largest absolute Gasteiger partial charge is 0.382 e. The van der Waals surface area contributed by atoms with Gasteiger partial charge in [-0.15, -0.1) is 0 Å². The quantitative estimate of drug-likeness (QED) is 0.862. The Morgan fingerprint density at radius 1 is 1.26 bits per heavy atom. The molecule has 4 nitrogen and oxygen atoms in total. The lowest BCUT2D eigenvalue weighted by Crippen LogP contribution is -2.43. The molecule has 1 atom stereocenters. The van der Waals surface area contributed by atoms with Crippen LogP contribution in [0.2, 0.25) is 5.02 Å². The first kappa shape index (κ1) is 18.1. The monoisotopic (exact) mass is 337 g/mol. The SMILES string of the molecule is CC(C)[C@H](C)Nc1ccc(Cl)c(C(=O)NC2CCN(C)CC2)c1. The molecular weight excluding hydrogens is 310 g/mol. The Kier molecular flexibility index (Phi) is 6.31. The molecule has 1 aromatic carbocycles. The summed E-state index contributed by atoms with van der Waals surface area (Å²) in [7, 11) is 2.11. The maximum atomic E-state index is 12.6. The summed E-state index contributed by atoms with van der Waals surface area (Å²) in [6.45, 7) is 8.51. The van der Waals surface area contributed by atoms with Crippen LogP contribution in [0.5, 0.6) is 0 Å². The molecule has 0 spiro atoms. The van der Waals surface area contributed by atoms with Crippen molar-refractivity contribution >= 4 is 23.2 Å². The van der Waals surface area contributed by atoms with Gasteiger partial charge in [0.15, 0.2) is 0 Å². The third-order valence-electron chi connectivity index (χ3n) is 4.66. The number of hydrogen-bond acceptors (Lipinski definition) is 3. The van der Waals surface area contributed by atoms with Crippen LogP contribution in [0.1, 0.15) is 44.0 Å². The highest BCUT2D eigenvalue weighted by Crippen LogP contribution is 2.22. The number of hydrogen-bond donors (Lipinski definition) is 2. The second-order valence-electron chi connectivity index (χ2n) is 6.92. The van der Waals surface area contributed by atoms with Gasteiger partial charge in [-0.2, -0.15) is 0 Å². The average molecular weight is 338 g/mol. The summed E-state index contributed by atoms with van der Waals surface area (Å²) in [6.07, 6.45) is 1.98. The number of amides is 1. The molecule has 0 bridgehead atoms. The Hall–Kier alpha value is -1.26. The maximum Gasteiger partial charge on any atom is 0.253 e. The van der Waals surface area contributed by atoms with Crippen molar-refractivity contribution in [1.82, 2.24) is 10.2 Å². The number of benzene rings is 1. The van der Waals surface area contributed by atoms with E-state index in [1.165, 1.54) is 0 Å². The van der Waals surface area contributed by atoms with Crippen LogP contribution in [-0.2, 0) is 0 Å². The second kappa shape index (κ2) is 8.02. The smallest absolute Gasteiger partial charge is 0.253 e. The lowest BCUT2D eigenvalue weighted by molar-refractivity contribution is 0.0917. The number of carbonyl (C=O) groups is 1. The minimum absolute atomic E-state index is 0.0783. The first-order valence-corrected chi connectivity index (χ1v) is 8.80. The molecule has 128 valence electrons. The molecule has 2 rings (SSSR count). The molecule has 1 fully saturated rings. The summed E-state index contributed by atoms with van der Waals surface area (Å²) in [6, 6.07) is 6.14. The number of likely N-dealkylation sites (tertiary alicyclic amines) is 1. The molecule has 1 aromatic rings. The predicted molar refractivity (Wildman–Crippen MR) is 97.4 cm³/mol. The van der Waals surface area contributed by atoms with Gasteiger partial charge in [-0.3, -0.25) is 4.79 Å². The number of nitrogens with one attached hydrogen (secondary N) is 2. The normalized spacial score (nSPS) is 18.0. The molecule has 1 saturated heterocycles. The van der Waals surface area contributed by atoms with Crippen molar-refractivity contribution in [2.24, 2.45) is 5.92 Å². The van der Waals surface area contributed by atoms with Crippen LogP contribution >= 0.6 is 11.6 Å². The van der Waals surface area contributed by atoms with Crippen LogP contribution in [0.4, 0.5) is 5.69 Å². The van der Waals surface area contributed by atoms with Crippen molar-refractivity contribution in [2.75, 3.05) is 25.5 Å². The fourth-order valence-corrected chi connectivity index (χ4v) is 2.84. The fraction of sp³-hybridized carbons (Fsp3) is 0.611. The van der Waals surface area contributed by atoms with Crippen LogP contribution in [0.25, 0.3) is 0 Å². The van der Waals surface area contributed by atoms with Gasteiger partial charge in [-0.1, -0.05) is 25.4 Å². The average Bonchev–Trinajstić information content (AvgIpc) is 2.51. The number of piperidine rings is 1. The number of carbonyl (C=O) groups excluding carboxylic acids is 1. The van der Waals surface area contributed by atoms with Gasteiger partial charge >= 0.3 is 0 Å². The van der Waals surface area contributed by atoms with E-state index in [1.807, 2.05) is 12.1 Å². The molecule has 0 aliphatic carbocycles. The van der Waals surface area contributed by atoms with Gasteiger partial charge < -0.3 is 15.5 Å². The van der Waals surface area contributed by atoms with Gasteiger partial charge in [-0.05, 0) is 64.0 Å². The molecule has 23 heavy (non-hydrogen) atoms. The molecule has 1 heterocycles. The molecule has 1 aliphatic heterocycles. The van der Waals surface area contributed by atoms with Gasteiger partial charge in [0, 0.05) is 17.8 Å². The van der Waals surface area contributed by atoms with E-state index >= 15 is 0 Å². The van der Waals surface area contributed by atoms with Gasteiger partial charge in [0.05, 0.1) is 10.6 Å². The first-order chi connectivity index (χ1) is 10.9.